The van der Waals surface area contributed by atoms with Gasteiger partial charge in [0, 0.05) is 12.6 Å². The molecule has 2 unspecified atom stereocenters. The van der Waals surface area contributed by atoms with Gasteiger partial charge in [-0.2, -0.15) is 0 Å². The van der Waals surface area contributed by atoms with Gasteiger partial charge >= 0.3 is 0 Å². The van der Waals surface area contributed by atoms with E-state index in [2.05, 4.69) is 24.4 Å². The first kappa shape index (κ1) is 12.2. The molecule has 1 aromatic carbocycles. The minimum absolute atomic E-state index is 0.267. The summed E-state index contributed by atoms with van der Waals surface area (Å²) in [5.74, 6) is 0.306. The number of hydrogen-bond acceptors (Lipinski definition) is 2. The standard InChI is InChI=1S/C13H21NO/c1-10(2)13(15)9-14-11(3)12-7-5-4-6-8-12/h4-8,10-11,13-15H,9H2,1-3H3. The summed E-state index contributed by atoms with van der Waals surface area (Å²) in [6.07, 6.45) is -0.267. The molecule has 0 heterocycles. The lowest BCUT2D eigenvalue weighted by molar-refractivity contribution is 0.120. The molecular formula is C13H21NO. The summed E-state index contributed by atoms with van der Waals surface area (Å²) >= 11 is 0. The zero-order chi connectivity index (χ0) is 11.3. The normalized spacial score (nSPS) is 15.3. The van der Waals surface area contributed by atoms with Gasteiger partial charge in [0.25, 0.3) is 0 Å². The third-order valence-corrected chi connectivity index (χ3v) is 2.70. The molecule has 84 valence electrons. The van der Waals surface area contributed by atoms with Gasteiger partial charge in [0.2, 0.25) is 0 Å². The Labute approximate surface area is 92.3 Å². The Hall–Kier alpha value is -0.860. The van der Waals surface area contributed by atoms with Crippen molar-refractivity contribution in [2.45, 2.75) is 32.9 Å². The van der Waals surface area contributed by atoms with Gasteiger partial charge in [0.1, 0.15) is 0 Å². The van der Waals surface area contributed by atoms with Crippen molar-refractivity contribution in [1.29, 1.82) is 0 Å². The van der Waals surface area contributed by atoms with Gasteiger partial charge in [0.15, 0.2) is 0 Å². The quantitative estimate of drug-likeness (QED) is 0.777. The smallest absolute Gasteiger partial charge is 0.0687 e. The van der Waals surface area contributed by atoms with Crippen LogP contribution in [0.5, 0.6) is 0 Å². The molecule has 0 fully saturated rings. The lowest BCUT2D eigenvalue weighted by atomic mass is 10.1. The average Bonchev–Trinajstić information content (AvgIpc) is 2.26. The Balaban J connectivity index is 2.40. The third-order valence-electron chi connectivity index (χ3n) is 2.70. The fraction of sp³-hybridized carbons (Fsp3) is 0.538. The number of hydrogen-bond donors (Lipinski definition) is 2. The Morgan fingerprint density at radius 1 is 1.13 bits per heavy atom. The minimum atomic E-state index is -0.267. The summed E-state index contributed by atoms with van der Waals surface area (Å²) in [5.41, 5.74) is 1.26. The molecule has 0 spiro atoms. The monoisotopic (exact) mass is 207 g/mol. The lowest BCUT2D eigenvalue weighted by Crippen LogP contribution is -2.32. The second-order valence-corrected chi connectivity index (χ2v) is 4.35. The number of aliphatic hydroxyl groups is 1. The first-order valence-corrected chi connectivity index (χ1v) is 5.57. The van der Waals surface area contributed by atoms with Gasteiger partial charge in [-0.1, -0.05) is 44.2 Å². The van der Waals surface area contributed by atoms with E-state index in [0.717, 1.165) is 0 Å². The number of benzene rings is 1. The number of nitrogens with one attached hydrogen (secondary N) is 1. The van der Waals surface area contributed by atoms with E-state index in [1.807, 2.05) is 32.0 Å². The summed E-state index contributed by atoms with van der Waals surface area (Å²) in [7, 11) is 0. The van der Waals surface area contributed by atoms with Gasteiger partial charge in [-0.05, 0) is 18.4 Å². The fourth-order valence-corrected chi connectivity index (χ4v) is 1.39. The van der Waals surface area contributed by atoms with Gasteiger partial charge in [0.05, 0.1) is 6.10 Å². The van der Waals surface area contributed by atoms with Crippen molar-refractivity contribution < 1.29 is 5.11 Å². The first-order valence-electron chi connectivity index (χ1n) is 5.57. The number of rotatable bonds is 5. The van der Waals surface area contributed by atoms with E-state index in [1.165, 1.54) is 5.56 Å². The van der Waals surface area contributed by atoms with Crippen LogP contribution in [-0.4, -0.2) is 17.8 Å². The molecule has 0 saturated heterocycles. The third kappa shape index (κ3) is 4.02. The van der Waals surface area contributed by atoms with Crippen LogP contribution in [0.2, 0.25) is 0 Å². The molecule has 2 N–H and O–H groups in total. The molecule has 2 heteroatoms. The summed E-state index contributed by atoms with van der Waals surface area (Å²) in [4.78, 5) is 0. The molecule has 2 atom stereocenters. The van der Waals surface area contributed by atoms with Crippen molar-refractivity contribution in [3.63, 3.8) is 0 Å². The molecule has 15 heavy (non-hydrogen) atoms. The van der Waals surface area contributed by atoms with Crippen LogP contribution < -0.4 is 5.32 Å². The van der Waals surface area contributed by atoms with Crippen LogP contribution in [0.1, 0.15) is 32.4 Å². The Kier molecular flexibility index (Phi) is 4.79. The minimum Gasteiger partial charge on any atom is -0.392 e. The predicted molar refractivity (Wildman–Crippen MR) is 63.7 cm³/mol. The first-order chi connectivity index (χ1) is 7.11. The van der Waals surface area contributed by atoms with Crippen LogP contribution in [0, 0.1) is 5.92 Å². The molecule has 0 bridgehead atoms. The van der Waals surface area contributed by atoms with Gasteiger partial charge in [-0.15, -0.1) is 0 Å². The highest BCUT2D eigenvalue weighted by Crippen LogP contribution is 2.11. The van der Waals surface area contributed by atoms with Crippen LogP contribution in [0.3, 0.4) is 0 Å². The van der Waals surface area contributed by atoms with E-state index >= 15 is 0 Å². The molecule has 0 aliphatic carbocycles. The summed E-state index contributed by atoms with van der Waals surface area (Å²) in [6, 6.07) is 10.6. The highest BCUT2D eigenvalue weighted by molar-refractivity contribution is 5.17. The number of aliphatic hydroxyl groups excluding tert-OH is 1. The van der Waals surface area contributed by atoms with Crippen LogP contribution in [0.15, 0.2) is 30.3 Å². The SMILES string of the molecule is CC(NCC(O)C(C)C)c1ccccc1. The fourth-order valence-electron chi connectivity index (χ4n) is 1.39. The van der Waals surface area contributed by atoms with Crippen LogP contribution in [0.25, 0.3) is 0 Å². The molecule has 2 nitrogen and oxygen atoms in total. The molecule has 1 aromatic rings. The van der Waals surface area contributed by atoms with Gasteiger partial charge in [-0.3, -0.25) is 0 Å². The molecule has 0 saturated carbocycles. The van der Waals surface area contributed by atoms with Crippen molar-refractivity contribution in [3.8, 4) is 0 Å². The van der Waals surface area contributed by atoms with E-state index in [0.29, 0.717) is 18.5 Å². The van der Waals surface area contributed by atoms with E-state index in [9.17, 15) is 5.11 Å². The van der Waals surface area contributed by atoms with E-state index < -0.39 is 0 Å². The highest BCUT2D eigenvalue weighted by atomic mass is 16.3. The Morgan fingerprint density at radius 2 is 1.73 bits per heavy atom. The van der Waals surface area contributed by atoms with Crippen LogP contribution >= 0.6 is 0 Å². The van der Waals surface area contributed by atoms with Crippen molar-refractivity contribution in [2.75, 3.05) is 6.54 Å². The Morgan fingerprint density at radius 3 is 2.27 bits per heavy atom. The van der Waals surface area contributed by atoms with Gasteiger partial charge < -0.3 is 10.4 Å². The second-order valence-electron chi connectivity index (χ2n) is 4.35. The topological polar surface area (TPSA) is 32.3 Å². The molecule has 0 aliphatic heterocycles. The molecule has 0 aromatic heterocycles. The molecule has 1 rings (SSSR count). The Bertz CT molecular complexity index is 271. The summed E-state index contributed by atoms with van der Waals surface area (Å²) < 4.78 is 0. The molecule has 0 aliphatic rings. The predicted octanol–water partition coefficient (Wildman–Crippen LogP) is 2.35. The molecular weight excluding hydrogens is 186 g/mol. The zero-order valence-corrected chi connectivity index (χ0v) is 9.77. The second kappa shape index (κ2) is 5.89. The van der Waals surface area contributed by atoms with Crippen molar-refractivity contribution in [1.82, 2.24) is 5.32 Å². The van der Waals surface area contributed by atoms with E-state index in [1.54, 1.807) is 0 Å². The lowest BCUT2D eigenvalue weighted by Gasteiger charge is -2.19. The maximum absolute atomic E-state index is 9.66. The highest BCUT2D eigenvalue weighted by Gasteiger charge is 2.11. The maximum atomic E-state index is 9.66. The molecule has 0 radical (unpaired) electrons. The van der Waals surface area contributed by atoms with Crippen LogP contribution in [-0.2, 0) is 0 Å². The van der Waals surface area contributed by atoms with Crippen molar-refractivity contribution >= 4 is 0 Å². The van der Waals surface area contributed by atoms with Crippen molar-refractivity contribution in [3.05, 3.63) is 35.9 Å². The molecule has 0 amide bonds. The average molecular weight is 207 g/mol. The van der Waals surface area contributed by atoms with E-state index in [4.69, 9.17) is 0 Å². The van der Waals surface area contributed by atoms with Gasteiger partial charge in [-0.25, -0.2) is 0 Å². The largest absolute Gasteiger partial charge is 0.392 e. The summed E-state index contributed by atoms with van der Waals surface area (Å²) in [5, 5.41) is 13.0. The van der Waals surface area contributed by atoms with E-state index in [-0.39, 0.29) is 6.10 Å². The van der Waals surface area contributed by atoms with Crippen LogP contribution in [0.4, 0.5) is 0 Å². The maximum Gasteiger partial charge on any atom is 0.0687 e. The van der Waals surface area contributed by atoms with Crippen molar-refractivity contribution in [2.24, 2.45) is 5.92 Å². The summed E-state index contributed by atoms with van der Waals surface area (Å²) in [6.45, 7) is 6.81. The zero-order valence-electron chi connectivity index (χ0n) is 9.77.